The second-order valence-corrected chi connectivity index (χ2v) is 4.54. The molecule has 0 saturated carbocycles. The van der Waals surface area contributed by atoms with Crippen molar-refractivity contribution in [3.05, 3.63) is 65.9 Å². The van der Waals surface area contributed by atoms with E-state index in [-0.39, 0.29) is 0 Å². The van der Waals surface area contributed by atoms with Gasteiger partial charge in [0.25, 0.3) is 0 Å². The normalized spacial score (nSPS) is 10.1. The van der Waals surface area contributed by atoms with Crippen LogP contribution in [0.1, 0.15) is 25.0 Å². The van der Waals surface area contributed by atoms with E-state index in [1.807, 2.05) is 19.9 Å². The lowest BCUT2D eigenvalue weighted by Gasteiger charge is -2.07. The summed E-state index contributed by atoms with van der Waals surface area (Å²) < 4.78 is 2.25. The van der Waals surface area contributed by atoms with Crippen LogP contribution in [-0.4, -0.2) is 4.57 Å². The van der Waals surface area contributed by atoms with Crippen LogP contribution in [-0.2, 0) is 0 Å². The Hall–Kier alpha value is -2.02. The van der Waals surface area contributed by atoms with E-state index in [1.54, 1.807) is 0 Å². The maximum atomic E-state index is 2.25. The third kappa shape index (κ3) is 2.55. The topological polar surface area (TPSA) is 4.93 Å². The molecule has 0 unspecified atom stereocenters. The molecule has 0 aliphatic rings. The summed E-state index contributed by atoms with van der Waals surface area (Å²) in [5.74, 6) is 0. The molecule has 0 fully saturated rings. The number of fused-ring (bicyclic) bond motifs is 1. The van der Waals surface area contributed by atoms with Crippen LogP contribution in [0.5, 0.6) is 0 Å². The molecule has 1 nitrogen and oxygen atoms in total. The fourth-order valence-electron chi connectivity index (χ4n) is 2.42. The van der Waals surface area contributed by atoms with Gasteiger partial charge in [-0.25, -0.2) is 0 Å². The fraction of sp³-hybridized carbons (Fsp3) is 0.222. The van der Waals surface area contributed by atoms with Crippen molar-refractivity contribution in [2.45, 2.75) is 27.7 Å². The first-order valence-electron chi connectivity index (χ1n) is 6.89. The molecule has 0 N–H and O–H groups in total. The van der Waals surface area contributed by atoms with Crippen molar-refractivity contribution < 1.29 is 0 Å². The molecular weight excluding hydrogens is 230 g/mol. The molecule has 0 aliphatic heterocycles. The smallest absolute Gasteiger partial charge is 0.0533 e. The van der Waals surface area contributed by atoms with Gasteiger partial charge in [-0.2, -0.15) is 0 Å². The molecule has 0 aliphatic carbocycles. The minimum atomic E-state index is 1.22. The Bertz CT molecular complexity index is 663. The molecule has 1 heterocycles. The molecule has 3 aromatic rings. The number of benzene rings is 2. The van der Waals surface area contributed by atoms with E-state index in [2.05, 4.69) is 67.1 Å². The first-order valence-corrected chi connectivity index (χ1v) is 6.89. The monoisotopic (exact) mass is 251 g/mol. The summed E-state index contributed by atoms with van der Waals surface area (Å²) in [7, 11) is 0. The van der Waals surface area contributed by atoms with Crippen LogP contribution in [0.3, 0.4) is 0 Å². The number of para-hydroxylation sites is 1. The first kappa shape index (κ1) is 13.4. The Morgan fingerprint density at radius 1 is 0.842 bits per heavy atom. The number of aryl methyl sites for hydroxylation is 2. The van der Waals surface area contributed by atoms with Crippen molar-refractivity contribution in [1.82, 2.24) is 4.57 Å². The maximum Gasteiger partial charge on any atom is 0.0533 e. The molecule has 19 heavy (non-hydrogen) atoms. The zero-order valence-electron chi connectivity index (χ0n) is 12.1. The molecule has 1 aromatic heterocycles. The van der Waals surface area contributed by atoms with Crippen LogP contribution in [0.15, 0.2) is 54.7 Å². The van der Waals surface area contributed by atoms with Gasteiger partial charge >= 0.3 is 0 Å². The van der Waals surface area contributed by atoms with Crippen molar-refractivity contribution in [3.63, 3.8) is 0 Å². The largest absolute Gasteiger partial charge is 0.317 e. The van der Waals surface area contributed by atoms with E-state index in [0.29, 0.717) is 0 Å². The predicted octanol–water partition coefficient (Wildman–Crippen LogP) is 5.27. The van der Waals surface area contributed by atoms with Gasteiger partial charge in [0.05, 0.1) is 5.52 Å². The number of aromatic nitrogens is 1. The van der Waals surface area contributed by atoms with Crippen LogP contribution < -0.4 is 0 Å². The number of rotatable bonds is 1. The van der Waals surface area contributed by atoms with Gasteiger partial charge in [0.15, 0.2) is 0 Å². The van der Waals surface area contributed by atoms with Crippen LogP contribution >= 0.6 is 0 Å². The van der Waals surface area contributed by atoms with Crippen molar-refractivity contribution in [2.75, 3.05) is 0 Å². The van der Waals surface area contributed by atoms with E-state index >= 15 is 0 Å². The summed E-state index contributed by atoms with van der Waals surface area (Å²) in [5.41, 5.74) is 5.15. The molecule has 0 atom stereocenters. The zero-order chi connectivity index (χ0) is 13.8. The first-order chi connectivity index (χ1) is 9.25. The Labute approximate surface area is 115 Å². The second-order valence-electron chi connectivity index (χ2n) is 4.54. The maximum absolute atomic E-state index is 2.25. The van der Waals surface area contributed by atoms with Crippen LogP contribution in [0.25, 0.3) is 16.6 Å². The summed E-state index contributed by atoms with van der Waals surface area (Å²) in [6.45, 7) is 8.32. The Morgan fingerprint density at radius 3 is 2.21 bits per heavy atom. The molecule has 98 valence electrons. The fourth-order valence-corrected chi connectivity index (χ4v) is 2.42. The van der Waals surface area contributed by atoms with Gasteiger partial charge in [-0.05, 0) is 49.2 Å². The summed E-state index contributed by atoms with van der Waals surface area (Å²) in [4.78, 5) is 0. The van der Waals surface area contributed by atoms with Crippen molar-refractivity contribution in [3.8, 4) is 5.69 Å². The van der Waals surface area contributed by atoms with Crippen LogP contribution in [0, 0.1) is 13.8 Å². The third-order valence-corrected chi connectivity index (χ3v) is 3.19. The molecule has 0 bridgehead atoms. The minimum Gasteiger partial charge on any atom is -0.317 e. The quantitative estimate of drug-likeness (QED) is 0.555. The van der Waals surface area contributed by atoms with Gasteiger partial charge in [-0.3, -0.25) is 0 Å². The Morgan fingerprint density at radius 2 is 1.53 bits per heavy atom. The van der Waals surface area contributed by atoms with Gasteiger partial charge < -0.3 is 4.57 Å². The second kappa shape index (κ2) is 5.75. The lowest BCUT2D eigenvalue weighted by Crippen LogP contribution is -1.91. The third-order valence-electron chi connectivity index (χ3n) is 3.19. The van der Waals surface area contributed by atoms with E-state index in [9.17, 15) is 0 Å². The lowest BCUT2D eigenvalue weighted by molar-refractivity contribution is 1.13. The number of hydrogen-bond donors (Lipinski definition) is 0. The summed E-state index contributed by atoms with van der Waals surface area (Å²) in [6.07, 6.45) is 2.15. The van der Waals surface area contributed by atoms with Gasteiger partial charge in [0, 0.05) is 17.3 Å². The van der Waals surface area contributed by atoms with Crippen LogP contribution in [0.2, 0.25) is 0 Å². The molecule has 0 amide bonds. The molecule has 0 radical (unpaired) electrons. The van der Waals surface area contributed by atoms with Gasteiger partial charge in [-0.15, -0.1) is 0 Å². The van der Waals surface area contributed by atoms with Gasteiger partial charge in [0.2, 0.25) is 0 Å². The number of hydrogen-bond acceptors (Lipinski definition) is 0. The SMILES string of the molecule is CC.Cc1cc(C)c2ccn(-c3ccccc3)c2c1. The van der Waals surface area contributed by atoms with Crippen molar-refractivity contribution in [1.29, 1.82) is 0 Å². The molecule has 0 saturated heterocycles. The van der Waals surface area contributed by atoms with Crippen LogP contribution in [0.4, 0.5) is 0 Å². The standard InChI is InChI=1S/C16H15N.C2H6/c1-12-10-13(2)15-8-9-17(16(15)11-12)14-6-4-3-5-7-14;1-2/h3-11H,1-2H3;1-2H3. The highest BCUT2D eigenvalue weighted by Gasteiger charge is 2.05. The minimum absolute atomic E-state index is 1.22. The van der Waals surface area contributed by atoms with E-state index in [0.717, 1.165) is 0 Å². The molecular formula is C18H21N. The van der Waals surface area contributed by atoms with Gasteiger partial charge in [-0.1, -0.05) is 38.1 Å². The lowest BCUT2D eigenvalue weighted by atomic mass is 10.1. The highest BCUT2D eigenvalue weighted by molar-refractivity contribution is 5.85. The summed E-state index contributed by atoms with van der Waals surface area (Å²) in [6, 6.07) is 17.1. The molecule has 0 spiro atoms. The van der Waals surface area contributed by atoms with Crippen molar-refractivity contribution in [2.24, 2.45) is 0 Å². The van der Waals surface area contributed by atoms with E-state index in [4.69, 9.17) is 0 Å². The summed E-state index contributed by atoms with van der Waals surface area (Å²) >= 11 is 0. The molecule has 3 rings (SSSR count). The summed E-state index contributed by atoms with van der Waals surface area (Å²) in [5, 5.41) is 1.33. The Balaban J connectivity index is 0.000000637. The average Bonchev–Trinajstić information content (AvgIpc) is 2.86. The molecule has 1 heteroatoms. The average molecular weight is 251 g/mol. The van der Waals surface area contributed by atoms with E-state index < -0.39 is 0 Å². The molecule has 2 aromatic carbocycles. The number of nitrogens with zero attached hydrogens (tertiary/aromatic N) is 1. The predicted molar refractivity (Wildman–Crippen MR) is 84.1 cm³/mol. The van der Waals surface area contributed by atoms with E-state index in [1.165, 1.54) is 27.7 Å². The highest BCUT2D eigenvalue weighted by Crippen LogP contribution is 2.24. The Kier molecular flexibility index (Phi) is 4.06. The van der Waals surface area contributed by atoms with Crippen molar-refractivity contribution >= 4 is 10.9 Å². The highest BCUT2D eigenvalue weighted by atomic mass is 15.0. The van der Waals surface area contributed by atoms with Gasteiger partial charge in [0.1, 0.15) is 0 Å². The zero-order valence-corrected chi connectivity index (χ0v) is 12.1.